The van der Waals surface area contributed by atoms with Crippen LogP contribution in [0.3, 0.4) is 0 Å². The highest BCUT2D eigenvalue weighted by Crippen LogP contribution is 2.37. The summed E-state index contributed by atoms with van der Waals surface area (Å²) in [6.07, 6.45) is -10.1. The van der Waals surface area contributed by atoms with Crippen LogP contribution in [-0.2, 0) is 17.4 Å². The molecule has 0 aromatic carbocycles. The number of nitrogens with zero attached hydrogens (tertiary/aromatic N) is 1. The minimum atomic E-state index is -5.22. The quantitative estimate of drug-likeness (QED) is 0.861. The molecule has 1 rings (SSSR count). The van der Waals surface area contributed by atoms with E-state index in [0.717, 1.165) is 0 Å². The van der Waals surface area contributed by atoms with Crippen molar-refractivity contribution < 1.29 is 36.2 Å². The third kappa shape index (κ3) is 2.90. The molecule has 0 saturated carbocycles. The van der Waals surface area contributed by atoms with Crippen LogP contribution in [0.2, 0.25) is 0 Å². The topological polar surface area (TPSA) is 50.2 Å². The van der Waals surface area contributed by atoms with Crippen LogP contribution in [0.15, 0.2) is 6.20 Å². The SMILES string of the molecule is O=C(O)Cc1c(F)cnc(C(F)(F)F)c1C(F)F. The fourth-order valence-electron chi connectivity index (χ4n) is 1.33. The molecule has 0 amide bonds. The molecule has 9 heteroatoms. The van der Waals surface area contributed by atoms with E-state index in [-0.39, 0.29) is 6.20 Å². The fourth-order valence-corrected chi connectivity index (χ4v) is 1.33. The Morgan fingerprint density at radius 2 is 1.94 bits per heavy atom. The number of halogens is 6. The Labute approximate surface area is 96.1 Å². The molecule has 1 heterocycles. The molecule has 0 aliphatic rings. The molecule has 0 unspecified atom stereocenters. The van der Waals surface area contributed by atoms with E-state index in [1.807, 2.05) is 0 Å². The number of pyridine rings is 1. The number of carbonyl (C=O) groups is 1. The van der Waals surface area contributed by atoms with Crippen LogP contribution in [0.5, 0.6) is 0 Å². The van der Waals surface area contributed by atoms with Gasteiger partial charge in [-0.3, -0.25) is 4.79 Å². The van der Waals surface area contributed by atoms with Crippen molar-refractivity contribution in [2.24, 2.45) is 0 Å². The highest BCUT2D eigenvalue weighted by Gasteiger charge is 2.40. The van der Waals surface area contributed by atoms with Gasteiger partial charge < -0.3 is 5.11 Å². The van der Waals surface area contributed by atoms with E-state index in [0.29, 0.717) is 0 Å². The molecule has 1 aromatic heterocycles. The number of hydrogen-bond donors (Lipinski definition) is 1. The van der Waals surface area contributed by atoms with Crippen LogP contribution in [-0.4, -0.2) is 16.1 Å². The first-order valence-electron chi connectivity index (χ1n) is 4.39. The van der Waals surface area contributed by atoms with Gasteiger partial charge in [0.2, 0.25) is 0 Å². The van der Waals surface area contributed by atoms with Gasteiger partial charge in [0.25, 0.3) is 6.43 Å². The molecule has 100 valence electrons. The predicted molar refractivity (Wildman–Crippen MR) is 45.5 cm³/mol. The summed E-state index contributed by atoms with van der Waals surface area (Å²) in [6.45, 7) is 0. The zero-order chi connectivity index (χ0) is 14.1. The summed E-state index contributed by atoms with van der Waals surface area (Å²) in [5.74, 6) is -3.24. The van der Waals surface area contributed by atoms with Crippen molar-refractivity contribution in [3.63, 3.8) is 0 Å². The molecule has 1 aromatic rings. The van der Waals surface area contributed by atoms with Gasteiger partial charge in [0, 0.05) is 5.56 Å². The zero-order valence-corrected chi connectivity index (χ0v) is 8.43. The van der Waals surface area contributed by atoms with Gasteiger partial charge in [-0.1, -0.05) is 0 Å². The molecular formula is C9H5F6NO2. The number of alkyl halides is 5. The Hall–Kier alpha value is -1.80. The third-order valence-electron chi connectivity index (χ3n) is 1.99. The van der Waals surface area contributed by atoms with Crippen LogP contribution in [0.4, 0.5) is 26.3 Å². The van der Waals surface area contributed by atoms with E-state index in [1.54, 1.807) is 0 Å². The molecule has 18 heavy (non-hydrogen) atoms. The molecule has 0 spiro atoms. The summed E-state index contributed by atoms with van der Waals surface area (Å²) < 4.78 is 75.4. The van der Waals surface area contributed by atoms with Crippen molar-refractivity contribution in [3.8, 4) is 0 Å². The number of carboxylic acid groups (broad SMARTS) is 1. The Balaban J connectivity index is 3.52. The van der Waals surface area contributed by atoms with E-state index >= 15 is 0 Å². The highest BCUT2D eigenvalue weighted by atomic mass is 19.4. The summed E-state index contributed by atoms with van der Waals surface area (Å²) in [4.78, 5) is 12.9. The molecule has 3 nitrogen and oxygen atoms in total. The maximum Gasteiger partial charge on any atom is 0.433 e. The van der Waals surface area contributed by atoms with Crippen LogP contribution in [0.1, 0.15) is 23.2 Å². The highest BCUT2D eigenvalue weighted by molar-refractivity contribution is 5.71. The van der Waals surface area contributed by atoms with E-state index in [2.05, 4.69) is 4.98 Å². The first-order chi connectivity index (χ1) is 8.14. The van der Waals surface area contributed by atoms with Gasteiger partial charge in [0.05, 0.1) is 18.2 Å². The lowest BCUT2D eigenvalue weighted by Gasteiger charge is -2.15. The van der Waals surface area contributed by atoms with Crippen molar-refractivity contribution in [1.29, 1.82) is 0 Å². The van der Waals surface area contributed by atoms with Crippen molar-refractivity contribution in [2.45, 2.75) is 19.0 Å². The van der Waals surface area contributed by atoms with Crippen LogP contribution in [0, 0.1) is 5.82 Å². The van der Waals surface area contributed by atoms with E-state index in [4.69, 9.17) is 5.11 Å². The molecule has 0 saturated heterocycles. The maximum absolute atomic E-state index is 13.1. The Morgan fingerprint density at radius 1 is 1.39 bits per heavy atom. The molecule has 0 bridgehead atoms. The normalized spacial score (nSPS) is 11.9. The predicted octanol–water partition coefficient (Wildman–Crippen LogP) is 2.80. The minimum Gasteiger partial charge on any atom is -0.481 e. The first-order valence-corrected chi connectivity index (χ1v) is 4.39. The molecule has 0 radical (unpaired) electrons. The summed E-state index contributed by atoms with van der Waals surface area (Å²) in [5, 5.41) is 8.38. The number of hydrogen-bond acceptors (Lipinski definition) is 2. The Kier molecular flexibility index (Phi) is 3.82. The molecule has 0 aliphatic carbocycles. The Morgan fingerprint density at radius 3 is 2.33 bits per heavy atom. The Bertz CT molecular complexity index is 471. The standard InChI is InChI=1S/C9H5F6NO2/c10-4-2-16-7(9(13,14)15)6(8(11)12)3(4)1-5(17)18/h2,8H,1H2,(H,17,18). The van der Waals surface area contributed by atoms with Crippen LogP contribution < -0.4 is 0 Å². The maximum atomic E-state index is 13.1. The van der Waals surface area contributed by atoms with E-state index in [1.165, 1.54) is 0 Å². The molecule has 0 atom stereocenters. The average molecular weight is 273 g/mol. The molecule has 0 aliphatic heterocycles. The minimum absolute atomic E-state index is 0.0764. The summed E-state index contributed by atoms with van der Waals surface area (Å²) >= 11 is 0. The van der Waals surface area contributed by atoms with Gasteiger partial charge in [-0.15, -0.1) is 0 Å². The first kappa shape index (κ1) is 14.3. The number of aliphatic carboxylic acids is 1. The molecule has 1 N–H and O–H groups in total. The van der Waals surface area contributed by atoms with Gasteiger partial charge in [-0.05, 0) is 0 Å². The van der Waals surface area contributed by atoms with Crippen LogP contribution in [0.25, 0.3) is 0 Å². The number of carboxylic acids is 1. The monoisotopic (exact) mass is 273 g/mol. The number of rotatable bonds is 3. The van der Waals surface area contributed by atoms with Crippen molar-refractivity contribution in [3.05, 3.63) is 28.8 Å². The lowest BCUT2D eigenvalue weighted by atomic mass is 10.0. The van der Waals surface area contributed by atoms with Gasteiger partial charge in [-0.25, -0.2) is 18.2 Å². The lowest BCUT2D eigenvalue weighted by molar-refractivity contribution is -0.143. The van der Waals surface area contributed by atoms with Crippen molar-refractivity contribution >= 4 is 5.97 Å². The van der Waals surface area contributed by atoms with Crippen LogP contribution >= 0.6 is 0 Å². The van der Waals surface area contributed by atoms with Crippen molar-refractivity contribution in [1.82, 2.24) is 4.98 Å². The smallest absolute Gasteiger partial charge is 0.433 e. The van der Waals surface area contributed by atoms with Gasteiger partial charge >= 0.3 is 12.1 Å². The zero-order valence-electron chi connectivity index (χ0n) is 8.43. The second-order valence-electron chi connectivity index (χ2n) is 3.22. The summed E-state index contributed by atoms with van der Waals surface area (Å²) in [7, 11) is 0. The summed E-state index contributed by atoms with van der Waals surface area (Å²) in [5.41, 5.74) is -4.92. The average Bonchev–Trinajstić information content (AvgIpc) is 2.17. The van der Waals surface area contributed by atoms with E-state index in [9.17, 15) is 31.1 Å². The molecule has 0 fully saturated rings. The fraction of sp³-hybridized carbons (Fsp3) is 0.333. The molecular weight excluding hydrogens is 268 g/mol. The van der Waals surface area contributed by atoms with E-state index < -0.39 is 47.6 Å². The van der Waals surface area contributed by atoms with Gasteiger partial charge in [-0.2, -0.15) is 13.2 Å². The third-order valence-corrected chi connectivity index (χ3v) is 1.99. The largest absolute Gasteiger partial charge is 0.481 e. The van der Waals surface area contributed by atoms with Gasteiger partial charge in [0.15, 0.2) is 5.69 Å². The van der Waals surface area contributed by atoms with Crippen molar-refractivity contribution in [2.75, 3.05) is 0 Å². The second kappa shape index (κ2) is 4.83. The number of aromatic nitrogens is 1. The summed E-state index contributed by atoms with van der Waals surface area (Å²) in [6, 6.07) is 0. The van der Waals surface area contributed by atoms with Gasteiger partial charge in [0.1, 0.15) is 5.82 Å². The lowest BCUT2D eigenvalue weighted by Crippen LogP contribution is -2.17. The second-order valence-corrected chi connectivity index (χ2v) is 3.22.